The molecule has 0 aliphatic rings. The lowest BCUT2D eigenvalue weighted by Crippen LogP contribution is -0.913. The highest BCUT2D eigenvalue weighted by atomic mass is 35.5. The van der Waals surface area contributed by atoms with Crippen LogP contribution in [-0.4, -0.2) is 14.0 Å². The molecule has 0 bridgehead atoms. The predicted octanol–water partition coefficient (Wildman–Crippen LogP) is 1.26. The maximum absolute atomic E-state index is 6.47. The number of hydrogen-bond donors (Lipinski definition) is 3. The Kier molecular flexibility index (Phi) is 679. The van der Waals surface area contributed by atoms with Gasteiger partial charge in [-0.05, 0) is 0 Å². The van der Waals surface area contributed by atoms with Gasteiger partial charge in [0.2, 0.25) is 0 Å². The van der Waals surface area contributed by atoms with E-state index in [4.69, 9.17) is 14.0 Å². The fourth-order valence-corrected chi connectivity index (χ4v) is 0. The van der Waals surface area contributed by atoms with Crippen molar-refractivity contribution in [2.75, 3.05) is 0 Å². The van der Waals surface area contributed by atoms with E-state index in [1.807, 2.05) is 0 Å². The lowest BCUT2D eigenvalue weighted by atomic mass is 15.9. The van der Waals surface area contributed by atoms with Gasteiger partial charge >= 0.3 is 0 Å². The Hall–Kier alpha value is 1.18. The molecule has 0 spiro atoms. The third-order valence-electron chi connectivity index (χ3n) is 0. The third-order valence-corrected chi connectivity index (χ3v) is 0. The number of rotatable bonds is 0. The Morgan fingerprint density at radius 3 is 0.571 bits per heavy atom. The summed E-state index contributed by atoms with van der Waals surface area (Å²) in [5.74, 6) is 0. The molecule has 0 amide bonds. The van der Waals surface area contributed by atoms with Gasteiger partial charge in [0.15, 0.2) is 0 Å². The average Bonchev–Trinajstić information content (AvgIpc) is 1.81. The van der Waals surface area contributed by atoms with E-state index in [2.05, 4.69) is 35.6 Å². The van der Waals surface area contributed by atoms with Gasteiger partial charge in [-0.1, -0.05) is 0 Å². The van der Waals surface area contributed by atoms with Crippen molar-refractivity contribution in [2.45, 2.75) is 0 Å². The van der Waals surface area contributed by atoms with Crippen LogP contribution in [0, 0.1) is 0 Å². The second-order valence-electron chi connectivity index (χ2n) is 0. The lowest BCUT2D eigenvalue weighted by molar-refractivity contribution is 0.632. The van der Waals surface area contributed by atoms with Gasteiger partial charge in [-0.3, -0.25) is 14.0 Å². The summed E-state index contributed by atoms with van der Waals surface area (Å²) in [6, 6.07) is 0. The van der Waals surface area contributed by atoms with Gasteiger partial charge in [0.25, 0.3) is 0 Å². The summed E-state index contributed by atoms with van der Waals surface area (Å²) in [5, 5.41) is 0. The zero-order valence-electron chi connectivity index (χ0n) is 2.92. The smallest absolute Gasteiger partial charge is 0.0579 e. The van der Waals surface area contributed by atoms with E-state index in [1.165, 1.54) is 0 Å². The number of hydrogen-bond acceptors (Lipinski definition) is 3. The molecule has 0 saturated carbocycles. The van der Waals surface area contributed by atoms with Crippen LogP contribution in [0.4, 0.5) is 0 Å². The van der Waals surface area contributed by atoms with Crippen LogP contribution in [0.3, 0.4) is 0 Å². The summed E-state index contributed by atoms with van der Waals surface area (Å²) >= 11 is 10.9. The minimum atomic E-state index is 0. The van der Waals surface area contributed by atoms with Crippen molar-refractivity contribution in [3.63, 3.8) is 0 Å². The highest BCUT2D eigenvalue weighted by Gasteiger charge is 0.901. The molecule has 3 radical (unpaired) electrons. The molecule has 3 nitrogen and oxygen atoms in total. The molecule has 0 aromatic heterocycles. The van der Waals surface area contributed by atoms with Crippen molar-refractivity contribution in [3.8, 4) is 0 Å². The van der Waals surface area contributed by atoms with Crippen LogP contribution in [0.1, 0.15) is 0 Å². The molecule has 0 aliphatic heterocycles. The topological polar surface area (TPSA) is 60.7 Å². The summed E-state index contributed by atoms with van der Waals surface area (Å²) in [6.45, 7) is 0. The molecule has 0 atom stereocenters. The first-order valence-electron chi connectivity index (χ1n) is 0.507. The standard InChI is InChI=1S/3ClHO.P/c3*1-2;/h3*2H;. The Labute approximate surface area is 59.9 Å². The van der Waals surface area contributed by atoms with E-state index in [0.29, 0.717) is 0 Å². The summed E-state index contributed by atoms with van der Waals surface area (Å²) in [7, 11) is 0. The van der Waals surface area contributed by atoms with Crippen molar-refractivity contribution < 1.29 is 14.0 Å². The second kappa shape index (κ2) is 197. The maximum Gasteiger partial charge on any atom is 0.0579 e. The fourth-order valence-electron chi connectivity index (χ4n) is 0. The Bertz CT molecular complexity index is 10.1. The summed E-state index contributed by atoms with van der Waals surface area (Å²) < 4.78 is 19.4. The molecule has 0 aliphatic carbocycles. The normalized spacial score (nSPS) is 2.57. The lowest BCUT2D eigenvalue weighted by Gasteiger charge is -1.13. The first-order chi connectivity index (χ1) is 3.00. The molecule has 0 rings (SSSR count). The largest absolute Gasteiger partial charge is 0.295 e. The molecular weight excluding hydrogens is 185 g/mol. The quantitative estimate of drug-likeness (QED) is 0.502. The average molecular weight is 188 g/mol. The first kappa shape index (κ1) is 24.1. The summed E-state index contributed by atoms with van der Waals surface area (Å²) in [5.41, 5.74) is 0. The minimum absolute atomic E-state index is 0. The zero-order valence-corrected chi connectivity index (χ0v) is 6.08. The van der Waals surface area contributed by atoms with Gasteiger partial charge in [0.05, 0.1) is 35.6 Å². The van der Waals surface area contributed by atoms with Gasteiger partial charge < -0.3 is 0 Å². The Balaban J connectivity index is -0.00000000900. The Morgan fingerprint density at radius 1 is 0.571 bits per heavy atom. The highest BCUT2D eigenvalue weighted by Crippen LogP contribution is 1.32. The van der Waals surface area contributed by atoms with Crippen LogP contribution in [0.2, 0.25) is 0 Å². The summed E-state index contributed by atoms with van der Waals surface area (Å²) in [4.78, 5) is 0. The zero-order chi connectivity index (χ0) is 6.00. The molecule has 0 aromatic carbocycles. The Morgan fingerprint density at radius 2 is 0.571 bits per heavy atom. The van der Waals surface area contributed by atoms with E-state index >= 15 is 0 Å². The maximum atomic E-state index is 6.47. The molecule has 3 N–H and O–H groups in total. The molecule has 47 valence electrons. The van der Waals surface area contributed by atoms with Crippen molar-refractivity contribution >= 4 is 45.5 Å². The summed E-state index contributed by atoms with van der Waals surface area (Å²) in [6.07, 6.45) is 0. The molecule has 0 aromatic rings. The van der Waals surface area contributed by atoms with E-state index < -0.39 is 0 Å². The van der Waals surface area contributed by atoms with Gasteiger partial charge in [-0.25, -0.2) is 0 Å². The third kappa shape index (κ3) is 138. The van der Waals surface area contributed by atoms with Crippen LogP contribution in [0.5, 0.6) is 0 Å². The van der Waals surface area contributed by atoms with Gasteiger partial charge in [0.1, 0.15) is 0 Å². The minimum Gasteiger partial charge on any atom is -0.295 e. The van der Waals surface area contributed by atoms with E-state index in [1.54, 1.807) is 0 Å². The van der Waals surface area contributed by atoms with Crippen molar-refractivity contribution in [1.29, 1.82) is 0 Å². The van der Waals surface area contributed by atoms with E-state index in [0.717, 1.165) is 0 Å². The van der Waals surface area contributed by atoms with E-state index in [-0.39, 0.29) is 9.90 Å². The van der Waals surface area contributed by atoms with Crippen molar-refractivity contribution in [3.05, 3.63) is 0 Å². The van der Waals surface area contributed by atoms with Gasteiger partial charge in [0, 0.05) is 9.90 Å². The van der Waals surface area contributed by atoms with Gasteiger partial charge in [-0.15, -0.1) is 0 Å². The predicted molar refractivity (Wildman–Crippen MR) is 31.1 cm³/mol. The SMILES string of the molecule is OCl.OCl.OCl.[P]. The van der Waals surface area contributed by atoms with Crippen LogP contribution in [0.15, 0.2) is 0 Å². The molecule has 0 heterocycles. The van der Waals surface area contributed by atoms with Gasteiger partial charge in [-0.2, -0.15) is 0 Å². The second-order valence-corrected chi connectivity index (χ2v) is 0. The van der Waals surface area contributed by atoms with E-state index in [9.17, 15) is 0 Å². The molecule has 7 heteroatoms. The molecule has 7 heavy (non-hydrogen) atoms. The monoisotopic (exact) mass is 187 g/mol. The van der Waals surface area contributed by atoms with Crippen molar-refractivity contribution in [2.24, 2.45) is 0 Å². The van der Waals surface area contributed by atoms with Crippen LogP contribution < -0.4 is 0 Å². The van der Waals surface area contributed by atoms with Crippen LogP contribution in [0.25, 0.3) is 0 Å². The molecular formula is H3Cl3O3P. The highest BCUT2D eigenvalue weighted by molar-refractivity contribution is 6.92. The number of halogens is 3. The first-order valence-corrected chi connectivity index (χ1v) is 1.52. The van der Waals surface area contributed by atoms with Crippen molar-refractivity contribution in [1.82, 2.24) is 0 Å². The van der Waals surface area contributed by atoms with Crippen LogP contribution in [-0.2, 0) is 0 Å². The fraction of sp³-hybridized carbons (Fsp3) is 0. The molecule has 0 fully saturated rings. The molecule has 0 unspecified atom stereocenters. The van der Waals surface area contributed by atoms with Crippen LogP contribution >= 0.6 is 45.5 Å². The molecule has 0 saturated heterocycles.